The summed E-state index contributed by atoms with van der Waals surface area (Å²) in [5.41, 5.74) is 6.55. The van der Waals surface area contributed by atoms with E-state index in [1.165, 1.54) is 0 Å². The third kappa shape index (κ3) is 5.67. The molecule has 0 radical (unpaired) electrons. The fourth-order valence-electron chi connectivity index (χ4n) is 2.29. The molecule has 0 bridgehead atoms. The van der Waals surface area contributed by atoms with Crippen LogP contribution in [0.4, 0.5) is 0 Å². The Kier molecular flexibility index (Phi) is 7.22. The van der Waals surface area contributed by atoms with Gasteiger partial charge in [-0.1, -0.05) is 33.3 Å². The summed E-state index contributed by atoms with van der Waals surface area (Å²) in [6, 6.07) is 0.126. The zero-order valence-corrected chi connectivity index (χ0v) is 12.7. The Balaban J connectivity index is 4.81. The van der Waals surface area contributed by atoms with Gasteiger partial charge in [-0.25, -0.2) is 0 Å². The molecule has 2 atom stereocenters. The molecule has 3 heteroatoms. The lowest BCUT2D eigenvalue weighted by Gasteiger charge is -2.37. The van der Waals surface area contributed by atoms with Gasteiger partial charge in [0.2, 0.25) is 5.91 Å². The Labute approximate surface area is 112 Å². The number of unbranched alkanes of at least 4 members (excludes halogenated alkanes) is 1. The first kappa shape index (κ1) is 17.2. The van der Waals surface area contributed by atoms with Gasteiger partial charge in [0.05, 0.1) is 0 Å². The minimum absolute atomic E-state index is 0.0624. The maximum Gasteiger partial charge on any atom is 0.246 e. The van der Waals surface area contributed by atoms with Crippen LogP contribution in [0.25, 0.3) is 0 Å². The molecular formula is C15H30N2O. The van der Waals surface area contributed by atoms with Crippen LogP contribution in [0, 0.1) is 5.92 Å². The monoisotopic (exact) mass is 254 g/mol. The van der Waals surface area contributed by atoms with Crippen molar-refractivity contribution in [1.29, 1.82) is 0 Å². The zero-order valence-electron chi connectivity index (χ0n) is 12.7. The lowest BCUT2D eigenvalue weighted by atomic mass is 9.78. The van der Waals surface area contributed by atoms with Crippen molar-refractivity contribution in [3.05, 3.63) is 12.2 Å². The van der Waals surface area contributed by atoms with Crippen molar-refractivity contribution in [1.82, 2.24) is 5.32 Å². The van der Waals surface area contributed by atoms with Crippen molar-refractivity contribution in [2.45, 2.75) is 71.9 Å². The van der Waals surface area contributed by atoms with E-state index in [9.17, 15) is 4.79 Å². The van der Waals surface area contributed by atoms with E-state index in [4.69, 9.17) is 5.73 Å². The maximum atomic E-state index is 11.8. The zero-order chi connectivity index (χ0) is 14.3. The smallest absolute Gasteiger partial charge is 0.246 e. The van der Waals surface area contributed by atoms with E-state index in [1.54, 1.807) is 6.92 Å². The second-order valence-corrected chi connectivity index (χ2v) is 5.84. The summed E-state index contributed by atoms with van der Waals surface area (Å²) < 4.78 is 0. The summed E-state index contributed by atoms with van der Waals surface area (Å²) >= 11 is 0. The van der Waals surface area contributed by atoms with Crippen LogP contribution in [0.3, 0.4) is 0 Å². The molecule has 0 saturated carbocycles. The molecule has 3 nitrogen and oxygen atoms in total. The highest BCUT2D eigenvalue weighted by Gasteiger charge is 2.32. The quantitative estimate of drug-likeness (QED) is 0.654. The SMILES string of the molecule is C=C(C)C(=O)NC(CC)C(CCCC)C(C)(C)N. The van der Waals surface area contributed by atoms with Crippen LogP contribution in [0.2, 0.25) is 0 Å². The number of nitrogens with one attached hydrogen (secondary N) is 1. The van der Waals surface area contributed by atoms with E-state index < -0.39 is 0 Å². The summed E-state index contributed by atoms with van der Waals surface area (Å²) in [7, 11) is 0. The van der Waals surface area contributed by atoms with Gasteiger partial charge in [0.25, 0.3) is 0 Å². The van der Waals surface area contributed by atoms with Crippen LogP contribution < -0.4 is 11.1 Å². The standard InChI is InChI=1S/C15H30N2O/c1-7-9-10-12(15(5,6)16)13(8-2)17-14(18)11(3)4/h12-13H,3,7-10,16H2,1-2,4-6H3,(H,17,18). The molecule has 0 aliphatic carbocycles. The molecule has 3 N–H and O–H groups in total. The number of hydrogen-bond acceptors (Lipinski definition) is 2. The molecule has 2 unspecified atom stereocenters. The molecular weight excluding hydrogens is 224 g/mol. The van der Waals surface area contributed by atoms with E-state index in [2.05, 4.69) is 25.7 Å². The molecule has 0 heterocycles. The molecule has 18 heavy (non-hydrogen) atoms. The highest BCUT2D eigenvalue weighted by Crippen LogP contribution is 2.26. The topological polar surface area (TPSA) is 55.1 Å². The van der Waals surface area contributed by atoms with E-state index in [0.717, 1.165) is 25.7 Å². The van der Waals surface area contributed by atoms with Crippen LogP contribution in [0.1, 0.15) is 60.3 Å². The number of rotatable bonds is 8. The minimum Gasteiger partial charge on any atom is -0.349 e. The normalized spacial score (nSPS) is 15.0. The molecule has 0 aromatic rings. The van der Waals surface area contributed by atoms with Gasteiger partial charge >= 0.3 is 0 Å². The van der Waals surface area contributed by atoms with Crippen molar-refractivity contribution in [3.63, 3.8) is 0 Å². The Hall–Kier alpha value is -0.830. The van der Waals surface area contributed by atoms with Crippen LogP contribution in [0.5, 0.6) is 0 Å². The molecule has 0 aromatic heterocycles. The Morgan fingerprint density at radius 3 is 2.28 bits per heavy atom. The summed E-state index contributed by atoms with van der Waals surface area (Å²) in [6.07, 6.45) is 4.24. The van der Waals surface area contributed by atoms with Gasteiger partial charge in [0.1, 0.15) is 0 Å². The predicted octanol–water partition coefficient (Wildman–Crippen LogP) is 3.00. The van der Waals surface area contributed by atoms with Gasteiger partial charge in [-0.05, 0) is 39.5 Å². The summed E-state index contributed by atoms with van der Waals surface area (Å²) in [4.78, 5) is 11.8. The molecule has 0 saturated heterocycles. The van der Waals surface area contributed by atoms with Crippen LogP contribution in [-0.2, 0) is 4.79 Å². The van der Waals surface area contributed by atoms with E-state index in [-0.39, 0.29) is 17.5 Å². The lowest BCUT2D eigenvalue weighted by Crippen LogP contribution is -2.52. The number of hydrogen-bond donors (Lipinski definition) is 2. The van der Waals surface area contributed by atoms with Gasteiger partial charge in [-0.3, -0.25) is 4.79 Å². The number of nitrogens with two attached hydrogens (primary N) is 1. The highest BCUT2D eigenvalue weighted by molar-refractivity contribution is 5.92. The third-order valence-electron chi connectivity index (χ3n) is 3.45. The predicted molar refractivity (Wildman–Crippen MR) is 78.3 cm³/mol. The van der Waals surface area contributed by atoms with Crippen molar-refractivity contribution in [3.8, 4) is 0 Å². The molecule has 1 amide bonds. The van der Waals surface area contributed by atoms with E-state index in [0.29, 0.717) is 11.5 Å². The molecule has 0 rings (SSSR count). The Bertz CT molecular complexity index is 279. The Morgan fingerprint density at radius 1 is 1.39 bits per heavy atom. The van der Waals surface area contributed by atoms with Gasteiger partial charge in [-0.15, -0.1) is 0 Å². The number of amides is 1. The van der Waals surface area contributed by atoms with Crippen LogP contribution >= 0.6 is 0 Å². The minimum atomic E-state index is -0.280. The fraction of sp³-hybridized carbons (Fsp3) is 0.800. The largest absolute Gasteiger partial charge is 0.349 e. The average Bonchev–Trinajstić information content (AvgIpc) is 2.25. The van der Waals surface area contributed by atoms with Crippen molar-refractivity contribution in [2.24, 2.45) is 11.7 Å². The average molecular weight is 254 g/mol. The third-order valence-corrected chi connectivity index (χ3v) is 3.45. The first-order chi connectivity index (χ1) is 8.23. The number of carbonyl (C=O) groups excluding carboxylic acids is 1. The molecule has 0 fully saturated rings. The molecule has 106 valence electrons. The molecule has 0 aromatic carbocycles. The van der Waals surface area contributed by atoms with Crippen molar-refractivity contribution < 1.29 is 4.79 Å². The van der Waals surface area contributed by atoms with Crippen molar-refractivity contribution >= 4 is 5.91 Å². The first-order valence-electron chi connectivity index (χ1n) is 6.99. The summed E-state index contributed by atoms with van der Waals surface area (Å²) in [5.74, 6) is 0.235. The van der Waals surface area contributed by atoms with Crippen LogP contribution in [0.15, 0.2) is 12.2 Å². The first-order valence-corrected chi connectivity index (χ1v) is 6.99. The van der Waals surface area contributed by atoms with Gasteiger partial charge in [0, 0.05) is 17.2 Å². The fourth-order valence-corrected chi connectivity index (χ4v) is 2.29. The number of carbonyl (C=O) groups is 1. The molecule has 0 aliphatic heterocycles. The van der Waals surface area contributed by atoms with Gasteiger partial charge in [0.15, 0.2) is 0 Å². The van der Waals surface area contributed by atoms with E-state index >= 15 is 0 Å². The van der Waals surface area contributed by atoms with Crippen LogP contribution in [-0.4, -0.2) is 17.5 Å². The summed E-state index contributed by atoms with van der Waals surface area (Å²) in [6.45, 7) is 13.8. The highest BCUT2D eigenvalue weighted by atomic mass is 16.1. The molecule has 0 spiro atoms. The van der Waals surface area contributed by atoms with Gasteiger partial charge in [-0.2, -0.15) is 0 Å². The van der Waals surface area contributed by atoms with E-state index in [1.807, 2.05) is 13.8 Å². The Morgan fingerprint density at radius 2 is 1.94 bits per heavy atom. The van der Waals surface area contributed by atoms with Crippen molar-refractivity contribution in [2.75, 3.05) is 0 Å². The maximum absolute atomic E-state index is 11.8. The second kappa shape index (κ2) is 7.57. The second-order valence-electron chi connectivity index (χ2n) is 5.84. The lowest BCUT2D eigenvalue weighted by molar-refractivity contribution is -0.118. The van der Waals surface area contributed by atoms with Gasteiger partial charge < -0.3 is 11.1 Å². The molecule has 0 aliphatic rings. The summed E-state index contributed by atoms with van der Waals surface area (Å²) in [5, 5.41) is 3.06.